The number of hydrogen-bond acceptors (Lipinski definition) is 14. The van der Waals surface area contributed by atoms with Crippen molar-refractivity contribution in [1.29, 1.82) is 0 Å². The first-order valence-corrected chi connectivity index (χ1v) is 19.7. The molecule has 0 fully saturated rings. The van der Waals surface area contributed by atoms with Gasteiger partial charge in [-0.25, -0.2) is 36.0 Å². The molecule has 0 atom stereocenters. The summed E-state index contributed by atoms with van der Waals surface area (Å²) in [6.45, 7) is 16.2. The van der Waals surface area contributed by atoms with Crippen molar-refractivity contribution >= 4 is 93.0 Å². The van der Waals surface area contributed by atoms with E-state index in [2.05, 4.69) is 0 Å². The van der Waals surface area contributed by atoms with Gasteiger partial charge in [0.1, 0.15) is 20.2 Å². The van der Waals surface area contributed by atoms with E-state index in [1.807, 2.05) is 55.4 Å². The Labute approximate surface area is 353 Å². The summed E-state index contributed by atoms with van der Waals surface area (Å²) in [5.74, 6) is -2.07. The van der Waals surface area contributed by atoms with Gasteiger partial charge in [-0.3, -0.25) is 0 Å². The van der Waals surface area contributed by atoms with E-state index in [-0.39, 0.29) is 97.6 Å². The molecule has 0 aliphatic carbocycles. The third kappa shape index (κ3) is 19.7. The fraction of sp³-hybridized carbons (Fsp3) is 0.556. The maximum absolute atomic E-state index is 12.1. The first-order valence-electron chi connectivity index (χ1n) is 16.9. The second kappa shape index (κ2) is 24.3. The predicted molar refractivity (Wildman–Crippen MR) is 194 cm³/mol. The van der Waals surface area contributed by atoms with Crippen LogP contribution in [0.5, 0.6) is 0 Å². The summed E-state index contributed by atoms with van der Waals surface area (Å²) < 4.78 is 89.1. The van der Waals surface area contributed by atoms with E-state index in [1.54, 1.807) is 0 Å². The van der Waals surface area contributed by atoms with Crippen LogP contribution >= 0.6 is 0 Å². The SMILES string of the molecule is CC(C)CCOC(=O)c1ccc(C(=O)OCCC(C)C)c(S(=O)(=O)[O-])c1.CC(C)CCOC(=O)c1ccc(C(=O)OCCC(C)C)c(S(=O)(=O)[O-])c1.[Ba+2]. The van der Waals surface area contributed by atoms with Crippen LogP contribution < -0.4 is 0 Å². The number of benzene rings is 2. The van der Waals surface area contributed by atoms with E-state index in [9.17, 15) is 45.1 Å². The van der Waals surface area contributed by atoms with Crippen LogP contribution in [0.2, 0.25) is 0 Å². The molecule has 292 valence electrons. The Balaban J connectivity index is 0.00000100. The van der Waals surface area contributed by atoms with Crippen molar-refractivity contribution in [3.8, 4) is 0 Å². The van der Waals surface area contributed by atoms with Crippen LogP contribution in [-0.4, -0.2) is 125 Å². The third-order valence-electron chi connectivity index (χ3n) is 7.13. The van der Waals surface area contributed by atoms with Gasteiger partial charge in [0.15, 0.2) is 0 Å². The molecule has 2 rings (SSSR count). The second-order valence-corrected chi connectivity index (χ2v) is 16.3. The van der Waals surface area contributed by atoms with Crippen LogP contribution in [-0.2, 0) is 39.2 Å². The smallest absolute Gasteiger partial charge is 0.744 e. The quantitative estimate of drug-likeness (QED) is 0.0768. The van der Waals surface area contributed by atoms with E-state index >= 15 is 0 Å². The monoisotopic (exact) mass is 908 g/mol. The van der Waals surface area contributed by atoms with Crippen molar-refractivity contribution in [3.63, 3.8) is 0 Å². The minimum Gasteiger partial charge on any atom is -0.744 e. The van der Waals surface area contributed by atoms with E-state index in [0.717, 1.165) is 24.3 Å². The summed E-state index contributed by atoms with van der Waals surface area (Å²) in [7, 11) is -9.94. The summed E-state index contributed by atoms with van der Waals surface area (Å²) >= 11 is 0. The Morgan fingerprint density at radius 3 is 0.962 bits per heavy atom. The third-order valence-corrected chi connectivity index (χ3v) is 8.88. The molecular formula is C36H50BaO14S2. The van der Waals surface area contributed by atoms with Gasteiger partial charge in [-0.05, 0) is 85.8 Å². The van der Waals surface area contributed by atoms with E-state index < -0.39 is 53.9 Å². The number of ether oxygens (including phenoxy) is 4. The molecule has 2 aromatic rings. The molecule has 0 heterocycles. The van der Waals surface area contributed by atoms with Crippen LogP contribution in [0.4, 0.5) is 0 Å². The zero-order chi connectivity index (χ0) is 39.8. The first kappa shape index (κ1) is 50.7. The van der Waals surface area contributed by atoms with Crippen LogP contribution in [0.15, 0.2) is 46.2 Å². The molecule has 0 saturated carbocycles. The maximum atomic E-state index is 12.1. The summed E-state index contributed by atoms with van der Waals surface area (Å²) in [5, 5.41) is 0. The van der Waals surface area contributed by atoms with Crippen LogP contribution in [0, 0.1) is 23.7 Å². The minimum atomic E-state index is -4.97. The molecule has 53 heavy (non-hydrogen) atoms. The van der Waals surface area contributed by atoms with Gasteiger partial charge in [-0.2, -0.15) is 0 Å². The van der Waals surface area contributed by atoms with Crippen LogP contribution in [0.1, 0.15) is 123 Å². The van der Waals surface area contributed by atoms with Crippen molar-refractivity contribution < 1.29 is 64.1 Å². The molecule has 0 aromatic heterocycles. The Morgan fingerprint density at radius 1 is 0.491 bits per heavy atom. The molecular weight excluding hydrogens is 858 g/mol. The Bertz CT molecular complexity index is 1610. The van der Waals surface area contributed by atoms with Gasteiger partial charge in [0.05, 0.1) is 58.5 Å². The van der Waals surface area contributed by atoms with Crippen molar-refractivity contribution in [2.75, 3.05) is 26.4 Å². The summed E-state index contributed by atoms with van der Waals surface area (Å²) in [4.78, 5) is 46.6. The molecule has 0 saturated heterocycles. The van der Waals surface area contributed by atoms with Gasteiger partial charge in [-0.15, -0.1) is 0 Å². The number of carbonyl (C=O) groups is 4. The fourth-order valence-corrected chi connectivity index (χ4v) is 5.31. The molecule has 0 N–H and O–H groups in total. The molecule has 0 radical (unpaired) electrons. The largest absolute Gasteiger partial charge is 2.00 e. The standard InChI is InChI=1S/2C18H26O7S.Ba/c2*1-12(2)7-9-24-17(19)14-5-6-15(16(11-14)26(21,22)23)18(20)25-10-8-13(3)4;/h2*5-6,11-13H,7-10H2,1-4H3,(H,21,22,23);/q;;+2/p-2. The fourth-order valence-electron chi connectivity index (χ4n) is 3.92. The molecule has 0 unspecified atom stereocenters. The van der Waals surface area contributed by atoms with Gasteiger partial charge >= 0.3 is 72.8 Å². The molecule has 0 bridgehead atoms. The topological polar surface area (TPSA) is 220 Å². The van der Waals surface area contributed by atoms with Gasteiger partial charge in [0.2, 0.25) is 0 Å². The number of esters is 4. The summed E-state index contributed by atoms with van der Waals surface area (Å²) in [6.07, 6.45) is 2.51. The molecule has 0 aliphatic heterocycles. The van der Waals surface area contributed by atoms with Gasteiger partial charge in [-0.1, -0.05) is 55.4 Å². The summed E-state index contributed by atoms with van der Waals surface area (Å²) in [6, 6.07) is 6.40. The van der Waals surface area contributed by atoms with Gasteiger partial charge in [0, 0.05) is 0 Å². The Morgan fingerprint density at radius 2 is 0.736 bits per heavy atom. The van der Waals surface area contributed by atoms with E-state index in [0.29, 0.717) is 49.4 Å². The van der Waals surface area contributed by atoms with E-state index in [4.69, 9.17) is 18.9 Å². The van der Waals surface area contributed by atoms with E-state index in [1.165, 1.54) is 12.1 Å². The zero-order valence-electron chi connectivity index (χ0n) is 31.7. The van der Waals surface area contributed by atoms with Crippen molar-refractivity contribution in [3.05, 3.63) is 58.7 Å². The molecule has 2 aromatic carbocycles. The molecule has 0 aliphatic rings. The molecule has 0 spiro atoms. The molecule has 14 nitrogen and oxygen atoms in total. The normalized spacial score (nSPS) is 11.4. The van der Waals surface area contributed by atoms with Crippen molar-refractivity contribution in [2.24, 2.45) is 23.7 Å². The predicted octanol–water partition coefficient (Wildman–Crippen LogP) is 5.61. The van der Waals surface area contributed by atoms with Crippen LogP contribution in [0.3, 0.4) is 0 Å². The summed E-state index contributed by atoms with van der Waals surface area (Å²) in [5.41, 5.74) is -0.992. The Hall–Kier alpha value is -2.29. The molecule has 17 heteroatoms. The van der Waals surface area contributed by atoms with Crippen molar-refractivity contribution in [2.45, 2.75) is 90.9 Å². The number of rotatable bonds is 18. The maximum Gasteiger partial charge on any atom is 2.00 e. The average Bonchev–Trinajstić information content (AvgIpc) is 3.02. The zero-order valence-corrected chi connectivity index (χ0v) is 37.7. The molecule has 0 amide bonds. The average molecular weight is 908 g/mol. The Kier molecular flexibility index (Phi) is 23.2. The number of hydrogen-bond donors (Lipinski definition) is 0. The first-order chi connectivity index (χ1) is 24.0. The minimum absolute atomic E-state index is 0. The number of carbonyl (C=O) groups excluding carboxylic acids is 4. The van der Waals surface area contributed by atoms with Crippen LogP contribution in [0.25, 0.3) is 0 Å². The van der Waals surface area contributed by atoms with Gasteiger partial charge in [0.25, 0.3) is 0 Å². The van der Waals surface area contributed by atoms with Gasteiger partial charge < -0.3 is 28.1 Å². The van der Waals surface area contributed by atoms with Crippen molar-refractivity contribution in [1.82, 2.24) is 0 Å². The second-order valence-electron chi connectivity index (χ2n) is 13.6.